The van der Waals surface area contributed by atoms with Crippen LogP contribution in [0.15, 0.2) is 47.6 Å². The Bertz CT molecular complexity index is 997. The van der Waals surface area contributed by atoms with Crippen LogP contribution in [0.4, 0.5) is 0 Å². The summed E-state index contributed by atoms with van der Waals surface area (Å²) in [4.78, 5) is 0. The van der Waals surface area contributed by atoms with Crippen LogP contribution < -0.4 is 4.74 Å². The highest BCUT2D eigenvalue weighted by molar-refractivity contribution is 7.71. The standard InChI is InChI=1S/C18H16Cl2N4OS/c1-2-17-22-23-18(26)24(17)21-10-12-5-3-4-6-16(12)25-11-13-7-8-14(19)9-15(13)20/h3-10H,2,11H2,1H3,(H,23,26)/b21-10-. The molecule has 0 saturated heterocycles. The summed E-state index contributed by atoms with van der Waals surface area (Å²) in [6.07, 6.45) is 2.42. The van der Waals surface area contributed by atoms with Gasteiger partial charge in [0, 0.05) is 27.6 Å². The second-order valence-corrected chi connectivity index (χ2v) is 6.65. The van der Waals surface area contributed by atoms with Crippen LogP contribution in [0.2, 0.25) is 10.0 Å². The summed E-state index contributed by atoms with van der Waals surface area (Å²) in [5.41, 5.74) is 1.68. The minimum Gasteiger partial charge on any atom is -0.488 e. The van der Waals surface area contributed by atoms with Gasteiger partial charge in [-0.3, -0.25) is 5.10 Å². The van der Waals surface area contributed by atoms with Gasteiger partial charge in [-0.1, -0.05) is 48.3 Å². The van der Waals surface area contributed by atoms with Crippen LogP contribution in [-0.2, 0) is 13.0 Å². The number of aryl methyl sites for hydroxylation is 1. The van der Waals surface area contributed by atoms with Crippen LogP contribution in [-0.4, -0.2) is 21.1 Å². The zero-order chi connectivity index (χ0) is 18.5. The lowest BCUT2D eigenvalue weighted by Gasteiger charge is -2.10. The van der Waals surface area contributed by atoms with E-state index in [4.69, 9.17) is 40.2 Å². The van der Waals surface area contributed by atoms with Gasteiger partial charge in [0.15, 0.2) is 5.82 Å². The highest BCUT2D eigenvalue weighted by Crippen LogP contribution is 2.24. The lowest BCUT2D eigenvalue weighted by atomic mass is 10.2. The highest BCUT2D eigenvalue weighted by Gasteiger charge is 2.06. The molecule has 26 heavy (non-hydrogen) atoms. The van der Waals surface area contributed by atoms with E-state index in [1.54, 1.807) is 23.0 Å². The predicted octanol–water partition coefficient (Wildman–Crippen LogP) is 5.27. The molecule has 0 fully saturated rings. The molecule has 3 rings (SSSR count). The zero-order valence-electron chi connectivity index (χ0n) is 13.9. The maximum atomic E-state index is 6.20. The van der Waals surface area contributed by atoms with E-state index in [1.165, 1.54) is 0 Å². The maximum Gasteiger partial charge on any atom is 0.216 e. The van der Waals surface area contributed by atoms with Gasteiger partial charge in [0.1, 0.15) is 12.4 Å². The fourth-order valence-electron chi connectivity index (χ4n) is 2.31. The molecule has 3 aromatic rings. The number of nitrogens with zero attached hydrogens (tertiary/aromatic N) is 3. The molecule has 0 amide bonds. The summed E-state index contributed by atoms with van der Waals surface area (Å²) in [7, 11) is 0. The van der Waals surface area contributed by atoms with Crippen LogP contribution in [0.1, 0.15) is 23.9 Å². The van der Waals surface area contributed by atoms with E-state index >= 15 is 0 Å². The molecule has 0 spiro atoms. The van der Waals surface area contributed by atoms with Crippen LogP contribution in [0.25, 0.3) is 0 Å². The van der Waals surface area contributed by atoms with Gasteiger partial charge in [-0.05, 0) is 36.5 Å². The Morgan fingerprint density at radius 2 is 2.08 bits per heavy atom. The Kier molecular flexibility index (Phi) is 6.08. The predicted molar refractivity (Wildman–Crippen MR) is 107 cm³/mol. The summed E-state index contributed by atoms with van der Waals surface area (Å²) in [6, 6.07) is 12.9. The van der Waals surface area contributed by atoms with Crippen molar-refractivity contribution in [1.29, 1.82) is 0 Å². The second kappa shape index (κ2) is 8.49. The number of ether oxygens (including phenoxy) is 1. The number of H-pyrrole nitrogens is 1. The monoisotopic (exact) mass is 406 g/mol. The van der Waals surface area contributed by atoms with Crippen molar-refractivity contribution in [2.24, 2.45) is 5.10 Å². The van der Waals surface area contributed by atoms with Crippen LogP contribution in [0, 0.1) is 4.77 Å². The third kappa shape index (κ3) is 4.33. The molecule has 134 valence electrons. The second-order valence-electron chi connectivity index (χ2n) is 5.42. The van der Waals surface area contributed by atoms with Gasteiger partial charge in [0.2, 0.25) is 4.77 Å². The third-order valence-electron chi connectivity index (χ3n) is 3.66. The van der Waals surface area contributed by atoms with Crippen molar-refractivity contribution < 1.29 is 4.74 Å². The SMILES string of the molecule is CCc1n[nH]c(=S)n1/N=C\c1ccccc1OCc1ccc(Cl)cc1Cl. The van der Waals surface area contributed by atoms with E-state index in [9.17, 15) is 0 Å². The summed E-state index contributed by atoms with van der Waals surface area (Å²) in [5, 5.41) is 12.5. The van der Waals surface area contributed by atoms with Crippen molar-refractivity contribution in [1.82, 2.24) is 14.9 Å². The number of rotatable bonds is 6. The zero-order valence-corrected chi connectivity index (χ0v) is 16.3. The number of para-hydroxylation sites is 1. The Morgan fingerprint density at radius 1 is 1.27 bits per heavy atom. The molecular formula is C18H16Cl2N4OS. The third-order valence-corrected chi connectivity index (χ3v) is 4.51. The Hall–Kier alpha value is -2.15. The smallest absolute Gasteiger partial charge is 0.216 e. The quantitative estimate of drug-likeness (QED) is 0.447. The van der Waals surface area contributed by atoms with Gasteiger partial charge in [-0.25, -0.2) is 0 Å². The molecular weight excluding hydrogens is 391 g/mol. The van der Waals surface area contributed by atoms with Gasteiger partial charge >= 0.3 is 0 Å². The molecule has 0 saturated carbocycles. The van der Waals surface area contributed by atoms with Crippen LogP contribution in [0.3, 0.4) is 0 Å². The Morgan fingerprint density at radius 3 is 2.85 bits per heavy atom. The number of benzene rings is 2. The molecule has 0 unspecified atom stereocenters. The van der Waals surface area contributed by atoms with E-state index in [0.717, 1.165) is 23.4 Å². The highest BCUT2D eigenvalue weighted by atomic mass is 35.5. The molecule has 0 aliphatic heterocycles. The Balaban J connectivity index is 1.81. The van der Waals surface area contributed by atoms with Gasteiger partial charge in [-0.2, -0.15) is 14.9 Å². The molecule has 1 heterocycles. The minimum atomic E-state index is 0.326. The maximum absolute atomic E-state index is 6.20. The average molecular weight is 407 g/mol. The lowest BCUT2D eigenvalue weighted by molar-refractivity contribution is 0.306. The molecule has 5 nitrogen and oxygen atoms in total. The van der Waals surface area contributed by atoms with Crippen LogP contribution >= 0.6 is 35.4 Å². The van der Waals surface area contributed by atoms with Gasteiger partial charge in [0.05, 0.1) is 6.21 Å². The van der Waals surface area contributed by atoms with Crippen LogP contribution in [0.5, 0.6) is 5.75 Å². The van der Waals surface area contributed by atoms with Crippen molar-refractivity contribution >= 4 is 41.6 Å². The molecule has 1 N–H and O–H groups in total. The first kappa shape index (κ1) is 18.6. The number of hydrogen-bond donors (Lipinski definition) is 1. The number of aromatic amines is 1. The lowest BCUT2D eigenvalue weighted by Crippen LogP contribution is -2.01. The van der Waals surface area contributed by atoms with Gasteiger partial charge in [-0.15, -0.1) is 0 Å². The molecule has 0 bridgehead atoms. The minimum absolute atomic E-state index is 0.326. The van der Waals surface area contributed by atoms with E-state index in [1.807, 2.05) is 37.3 Å². The van der Waals surface area contributed by atoms with Crippen molar-refractivity contribution in [2.75, 3.05) is 0 Å². The largest absolute Gasteiger partial charge is 0.488 e. The average Bonchev–Trinajstić information content (AvgIpc) is 2.99. The first-order chi connectivity index (χ1) is 12.6. The molecule has 1 aromatic heterocycles. The van der Waals surface area contributed by atoms with E-state index in [0.29, 0.717) is 27.2 Å². The topological polar surface area (TPSA) is 55.2 Å². The fraction of sp³-hybridized carbons (Fsp3) is 0.167. The molecule has 0 aliphatic carbocycles. The normalized spacial score (nSPS) is 11.2. The molecule has 0 atom stereocenters. The summed E-state index contributed by atoms with van der Waals surface area (Å²) < 4.78 is 7.97. The van der Waals surface area contributed by atoms with E-state index in [-0.39, 0.29) is 0 Å². The summed E-state index contributed by atoms with van der Waals surface area (Å²) >= 11 is 17.3. The van der Waals surface area contributed by atoms with Gasteiger partial charge < -0.3 is 4.74 Å². The molecule has 2 aromatic carbocycles. The van der Waals surface area contributed by atoms with Crippen molar-refractivity contribution in [3.8, 4) is 5.75 Å². The van der Waals surface area contributed by atoms with Crippen molar-refractivity contribution in [2.45, 2.75) is 20.0 Å². The number of hydrogen-bond acceptors (Lipinski definition) is 4. The molecule has 0 aliphatic rings. The first-order valence-electron chi connectivity index (χ1n) is 7.95. The number of aromatic nitrogens is 3. The van der Waals surface area contributed by atoms with E-state index < -0.39 is 0 Å². The number of nitrogens with one attached hydrogen (secondary N) is 1. The first-order valence-corrected chi connectivity index (χ1v) is 9.11. The fourth-order valence-corrected chi connectivity index (χ4v) is 2.97. The molecule has 8 heteroatoms. The molecule has 0 radical (unpaired) electrons. The van der Waals surface area contributed by atoms with E-state index in [2.05, 4.69) is 15.3 Å². The van der Waals surface area contributed by atoms with Crippen molar-refractivity contribution in [3.63, 3.8) is 0 Å². The summed E-state index contributed by atoms with van der Waals surface area (Å²) in [6.45, 7) is 2.32. The Labute approximate surface area is 166 Å². The van der Waals surface area contributed by atoms with Crippen molar-refractivity contribution in [3.05, 3.63) is 74.2 Å². The van der Waals surface area contributed by atoms with Gasteiger partial charge in [0.25, 0.3) is 0 Å². The number of halogens is 2. The summed E-state index contributed by atoms with van der Waals surface area (Å²) in [5.74, 6) is 1.45.